The van der Waals surface area contributed by atoms with E-state index in [0.29, 0.717) is 5.02 Å². The van der Waals surface area contributed by atoms with Crippen molar-refractivity contribution >= 4 is 22.6 Å². The largest absolute Gasteiger partial charge is 0.460 e. The highest BCUT2D eigenvalue weighted by atomic mass is 35.5. The van der Waals surface area contributed by atoms with Crippen LogP contribution in [0, 0.1) is 0 Å². The van der Waals surface area contributed by atoms with Gasteiger partial charge < -0.3 is 10.2 Å². The number of nitrogens with two attached hydrogens (primary N) is 1. The molecule has 2 N–H and O–H groups in total. The SMILES string of the molecule is CC(N)CCc1cc2cccc(Cl)c2o1. The normalized spacial score (nSPS) is 13.3. The molecular formula is C12H14ClNO. The van der Waals surface area contributed by atoms with Crippen molar-refractivity contribution in [3.63, 3.8) is 0 Å². The van der Waals surface area contributed by atoms with Crippen molar-refractivity contribution < 1.29 is 4.42 Å². The van der Waals surface area contributed by atoms with Gasteiger partial charge in [-0.25, -0.2) is 0 Å². The van der Waals surface area contributed by atoms with E-state index in [1.54, 1.807) is 0 Å². The van der Waals surface area contributed by atoms with Gasteiger partial charge in [0.25, 0.3) is 0 Å². The van der Waals surface area contributed by atoms with E-state index in [9.17, 15) is 0 Å². The van der Waals surface area contributed by atoms with Gasteiger partial charge in [0.1, 0.15) is 5.76 Å². The van der Waals surface area contributed by atoms with Crippen LogP contribution in [0.3, 0.4) is 0 Å². The van der Waals surface area contributed by atoms with E-state index in [-0.39, 0.29) is 6.04 Å². The molecule has 0 saturated carbocycles. The van der Waals surface area contributed by atoms with Crippen LogP contribution in [-0.2, 0) is 6.42 Å². The zero-order valence-electron chi connectivity index (χ0n) is 8.66. The fourth-order valence-corrected chi connectivity index (χ4v) is 1.79. The molecule has 2 nitrogen and oxygen atoms in total. The summed E-state index contributed by atoms with van der Waals surface area (Å²) in [6, 6.07) is 8.00. The molecule has 0 fully saturated rings. The predicted molar refractivity (Wildman–Crippen MR) is 63.2 cm³/mol. The molecule has 0 saturated heterocycles. The lowest BCUT2D eigenvalue weighted by Gasteiger charge is -2.00. The summed E-state index contributed by atoms with van der Waals surface area (Å²) < 4.78 is 5.66. The Labute approximate surface area is 94.0 Å². The molecule has 15 heavy (non-hydrogen) atoms. The van der Waals surface area contributed by atoms with Gasteiger partial charge in [-0.1, -0.05) is 23.7 Å². The van der Waals surface area contributed by atoms with Crippen molar-refractivity contribution in [3.05, 3.63) is 35.0 Å². The molecule has 0 amide bonds. The summed E-state index contributed by atoms with van der Waals surface area (Å²) in [5.74, 6) is 0.954. The second-order valence-corrected chi connectivity index (χ2v) is 4.29. The molecule has 0 radical (unpaired) electrons. The number of fused-ring (bicyclic) bond motifs is 1. The first-order valence-corrected chi connectivity index (χ1v) is 5.47. The Bertz CT molecular complexity index is 462. The molecule has 0 aliphatic carbocycles. The van der Waals surface area contributed by atoms with Gasteiger partial charge in [-0.3, -0.25) is 0 Å². The summed E-state index contributed by atoms with van der Waals surface area (Å²) in [4.78, 5) is 0. The van der Waals surface area contributed by atoms with Gasteiger partial charge in [-0.15, -0.1) is 0 Å². The van der Waals surface area contributed by atoms with Crippen molar-refractivity contribution in [1.82, 2.24) is 0 Å². The molecule has 1 atom stereocenters. The number of hydrogen-bond acceptors (Lipinski definition) is 2. The molecule has 1 aromatic heterocycles. The Hall–Kier alpha value is -0.990. The summed E-state index contributed by atoms with van der Waals surface area (Å²) in [5.41, 5.74) is 6.47. The van der Waals surface area contributed by atoms with Crippen LogP contribution in [0.15, 0.2) is 28.7 Å². The van der Waals surface area contributed by atoms with Crippen LogP contribution in [0.25, 0.3) is 11.0 Å². The third-order valence-corrected chi connectivity index (χ3v) is 2.69. The molecular weight excluding hydrogens is 210 g/mol. The maximum absolute atomic E-state index is 6.01. The molecule has 2 aromatic rings. The van der Waals surface area contributed by atoms with E-state index in [2.05, 4.69) is 0 Å². The highest BCUT2D eigenvalue weighted by Crippen LogP contribution is 2.27. The molecule has 0 spiro atoms. The third-order valence-electron chi connectivity index (χ3n) is 2.39. The number of hydrogen-bond donors (Lipinski definition) is 1. The number of halogens is 1. The average Bonchev–Trinajstić information content (AvgIpc) is 2.59. The van der Waals surface area contributed by atoms with E-state index in [4.69, 9.17) is 21.8 Å². The Morgan fingerprint density at radius 1 is 1.47 bits per heavy atom. The maximum atomic E-state index is 6.01. The van der Waals surface area contributed by atoms with Crippen molar-refractivity contribution in [2.45, 2.75) is 25.8 Å². The Morgan fingerprint density at radius 3 is 2.93 bits per heavy atom. The number of benzene rings is 1. The Morgan fingerprint density at radius 2 is 2.27 bits per heavy atom. The van der Waals surface area contributed by atoms with E-state index in [1.165, 1.54) is 0 Å². The zero-order valence-corrected chi connectivity index (χ0v) is 9.42. The number of furan rings is 1. The van der Waals surface area contributed by atoms with Crippen LogP contribution in [0.1, 0.15) is 19.1 Å². The highest BCUT2D eigenvalue weighted by molar-refractivity contribution is 6.34. The standard InChI is InChI=1S/C12H14ClNO/c1-8(14)5-6-10-7-9-3-2-4-11(13)12(9)15-10/h2-4,7-8H,5-6,14H2,1H3. The van der Waals surface area contributed by atoms with Crippen LogP contribution in [-0.4, -0.2) is 6.04 Å². The summed E-state index contributed by atoms with van der Waals surface area (Å²) in [5, 5.41) is 1.72. The minimum Gasteiger partial charge on any atom is -0.460 e. The van der Waals surface area contributed by atoms with Crippen LogP contribution in [0.5, 0.6) is 0 Å². The van der Waals surface area contributed by atoms with Crippen molar-refractivity contribution in [2.24, 2.45) is 5.73 Å². The molecule has 1 unspecified atom stereocenters. The Kier molecular flexibility index (Phi) is 2.98. The highest BCUT2D eigenvalue weighted by Gasteiger charge is 2.07. The fraction of sp³-hybridized carbons (Fsp3) is 0.333. The van der Waals surface area contributed by atoms with Gasteiger partial charge in [0.15, 0.2) is 5.58 Å². The lowest BCUT2D eigenvalue weighted by atomic mass is 10.1. The van der Waals surface area contributed by atoms with E-state index in [0.717, 1.165) is 29.6 Å². The van der Waals surface area contributed by atoms with E-state index in [1.807, 2.05) is 31.2 Å². The predicted octanol–water partition coefficient (Wildman–Crippen LogP) is 3.37. The van der Waals surface area contributed by atoms with E-state index < -0.39 is 0 Å². The molecule has 2 rings (SSSR count). The second kappa shape index (κ2) is 4.25. The number of aryl methyl sites for hydroxylation is 1. The number of para-hydroxylation sites is 1. The van der Waals surface area contributed by atoms with Crippen molar-refractivity contribution in [3.8, 4) is 0 Å². The molecule has 1 heterocycles. The minimum absolute atomic E-state index is 0.202. The first-order chi connectivity index (χ1) is 7.16. The van der Waals surface area contributed by atoms with E-state index >= 15 is 0 Å². The van der Waals surface area contributed by atoms with Gasteiger partial charge >= 0.3 is 0 Å². The minimum atomic E-state index is 0.202. The van der Waals surface area contributed by atoms with Crippen molar-refractivity contribution in [2.75, 3.05) is 0 Å². The molecule has 80 valence electrons. The zero-order chi connectivity index (χ0) is 10.8. The topological polar surface area (TPSA) is 39.2 Å². The van der Waals surface area contributed by atoms with Crippen LogP contribution in [0.4, 0.5) is 0 Å². The lowest BCUT2D eigenvalue weighted by molar-refractivity contribution is 0.522. The number of rotatable bonds is 3. The fourth-order valence-electron chi connectivity index (χ4n) is 1.57. The smallest absolute Gasteiger partial charge is 0.152 e. The third kappa shape index (κ3) is 2.33. The van der Waals surface area contributed by atoms with Crippen LogP contribution in [0.2, 0.25) is 5.02 Å². The molecule has 0 aliphatic heterocycles. The lowest BCUT2D eigenvalue weighted by Crippen LogP contribution is -2.15. The van der Waals surface area contributed by atoms with Gasteiger partial charge in [-0.2, -0.15) is 0 Å². The summed E-state index contributed by atoms with van der Waals surface area (Å²) in [7, 11) is 0. The molecule has 1 aromatic carbocycles. The molecule has 0 aliphatic rings. The van der Waals surface area contributed by atoms with Crippen molar-refractivity contribution in [1.29, 1.82) is 0 Å². The van der Waals surface area contributed by atoms with Gasteiger partial charge in [-0.05, 0) is 25.5 Å². The average molecular weight is 224 g/mol. The molecule has 3 heteroatoms. The maximum Gasteiger partial charge on any atom is 0.152 e. The quantitative estimate of drug-likeness (QED) is 0.867. The van der Waals surface area contributed by atoms with Crippen LogP contribution >= 0.6 is 11.6 Å². The van der Waals surface area contributed by atoms with Crippen LogP contribution < -0.4 is 5.73 Å². The first-order valence-electron chi connectivity index (χ1n) is 5.09. The van der Waals surface area contributed by atoms with Gasteiger partial charge in [0.05, 0.1) is 5.02 Å². The van der Waals surface area contributed by atoms with Gasteiger partial charge in [0, 0.05) is 17.8 Å². The van der Waals surface area contributed by atoms with Gasteiger partial charge in [0.2, 0.25) is 0 Å². The summed E-state index contributed by atoms with van der Waals surface area (Å²) >= 11 is 6.01. The summed E-state index contributed by atoms with van der Waals surface area (Å²) in [6.07, 6.45) is 1.79. The first kappa shape index (κ1) is 10.5. The Balaban J connectivity index is 2.27. The molecule has 0 bridgehead atoms. The summed E-state index contributed by atoms with van der Waals surface area (Å²) in [6.45, 7) is 2.00. The second-order valence-electron chi connectivity index (χ2n) is 3.89. The monoisotopic (exact) mass is 223 g/mol.